The molecule has 0 aliphatic heterocycles. The van der Waals surface area contributed by atoms with Crippen molar-refractivity contribution < 1.29 is 14.1 Å². The summed E-state index contributed by atoms with van der Waals surface area (Å²) < 4.78 is 10.9. The highest BCUT2D eigenvalue weighted by Crippen LogP contribution is 2.26. The SMILES string of the molecule is CCOc1ccccc1NC(=O)Cc1noc2cc(C)cc(C)c12. The maximum Gasteiger partial charge on any atom is 0.230 e. The van der Waals surface area contributed by atoms with Crippen molar-refractivity contribution in [2.24, 2.45) is 0 Å². The molecule has 0 aliphatic carbocycles. The van der Waals surface area contributed by atoms with E-state index >= 15 is 0 Å². The third kappa shape index (κ3) is 3.25. The van der Waals surface area contributed by atoms with Crippen LogP contribution in [-0.4, -0.2) is 17.7 Å². The highest BCUT2D eigenvalue weighted by Gasteiger charge is 2.16. The molecule has 1 heterocycles. The van der Waals surface area contributed by atoms with Gasteiger partial charge in [0.1, 0.15) is 11.4 Å². The quantitative estimate of drug-likeness (QED) is 0.770. The van der Waals surface area contributed by atoms with Crippen molar-refractivity contribution in [1.29, 1.82) is 0 Å². The lowest BCUT2D eigenvalue weighted by molar-refractivity contribution is -0.115. The Hall–Kier alpha value is -2.82. The number of nitrogens with zero attached hydrogens (tertiary/aromatic N) is 1. The van der Waals surface area contributed by atoms with Gasteiger partial charge in [0.25, 0.3) is 0 Å². The number of para-hydroxylation sites is 2. The van der Waals surface area contributed by atoms with Crippen LogP contribution in [-0.2, 0) is 11.2 Å². The van der Waals surface area contributed by atoms with Gasteiger partial charge in [0.2, 0.25) is 5.91 Å². The zero-order chi connectivity index (χ0) is 17.1. The average Bonchev–Trinajstić information content (AvgIpc) is 2.92. The summed E-state index contributed by atoms with van der Waals surface area (Å²) in [7, 11) is 0. The molecule has 0 spiro atoms. The molecule has 124 valence electrons. The molecule has 5 nitrogen and oxygen atoms in total. The Bertz CT molecular complexity index is 883. The van der Waals surface area contributed by atoms with Crippen LogP contribution in [0.4, 0.5) is 5.69 Å². The van der Waals surface area contributed by atoms with Crippen LogP contribution >= 0.6 is 0 Å². The van der Waals surface area contributed by atoms with Gasteiger partial charge in [-0.15, -0.1) is 0 Å². The van der Waals surface area contributed by atoms with Crippen molar-refractivity contribution in [2.45, 2.75) is 27.2 Å². The molecule has 1 amide bonds. The minimum atomic E-state index is -0.155. The Morgan fingerprint density at radius 3 is 2.83 bits per heavy atom. The third-order valence-corrected chi connectivity index (χ3v) is 3.78. The number of hydrogen-bond donors (Lipinski definition) is 1. The number of carbonyl (C=O) groups is 1. The molecule has 3 aromatic rings. The fourth-order valence-corrected chi connectivity index (χ4v) is 2.84. The molecule has 0 bridgehead atoms. The minimum Gasteiger partial charge on any atom is -0.492 e. The number of ether oxygens (including phenoxy) is 1. The smallest absolute Gasteiger partial charge is 0.230 e. The van der Waals surface area contributed by atoms with Crippen LogP contribution in [0.25, 0.3) is 11.0 Å². The molecule has 0 unspecified atom stereocenters. The van der Waals surface area contributed by atoms with E-state index in [0.717, 1.165) is 16.5 Å². The lowest BCUT2D eigenvalue weighted by atomic mass is 10.0. The van der Waals surface area contributed by atoms with E-state index in [0.29, 0.717) is 29.3 Å². The molecule has 0 saturated carbocycles. The van der Waals surface area contributed by atoms with Crippen molar-refractivity contribution >= 4 is 22.6 Å². The Balaban J connectivity index is 1.81. The number of amides is 1. The van der Waals surface area contributed by atoms with Crippen molar-refractivity contribution in [1.82, 2.24) is 5.16 Å². The van der Waals surface area contributed by atoms with E-state index in [1.165, 1.54) is 0 Å². The summed E-state index contributed by atoms with van der Waals surface area (Å²) in [6.07, 6.45) is 0.150. The fraction of sp³-hybridized carbons (Fsp3) is 0.263. The number of fused-ring (bicyclic) bond motifs is 1. The van der Waals surface area contributed by atoms with Gasteiger partial charge in [-0.25, -0.2) is 0 Å². The van der Waals surface area contributed by atoms with Crippen LogP contribution in [0.5, 0.6) is 5.75 Å². The first-order valence-corrected chi connectivity index (χ1v) is 7.95. The summed E-state index contributed by atoms with van der Waals surface area (Å²) in [6, 6.07) is 11.4. The molecule has 0 radical (unpaired) electrons. The number of anilines is 1. The normalized spacial score (nSPS) is 10.8. The first kappa shape index (κ1) is 16.1. The van der Waals surface area contributed by atoms with Crippen molar-refractivity contribution in [2.75, 3.05) is 11.9 Å². The lowest BCUT2D eigenvalue weighted by Gasteiger charge is -2.10. The maximum absolute atomic E-state index is 12.4. The van der Waals surface area contributed by atoms with Gasteiger partial charge in [-0.1, -0.05) is 23.4 Å². The molecule has 3 rings (SSSR count). The summed E-state index contributed by atoms with van der Waals surface area (Å²) >= 11 is 0. The predicted molar refractivity (Wildman–Crippen MR) is 93.4 cm³/mol. The molecule has 5 heteroatoms. The van der Waals surface area contributed by atoms with Crippen molar-refractivity contribution in [3.63, 3.8) is 0 Å². The van der Waals surface area contributed by atoms with Gasteiger partial charge in [0, 0.05) is 5.39 Å². The van der Waals surface area contributed by atoms with Crippen LogP contribution in [0.1, 0.15) is 23.7 Å². The summed E-state index contributed by atoms with van der Waals surface area (Å²) in [5, 5.41) is 7.87. The van der Waals surface area contributed by atoms with Crippen LogP contribution in [0, 0.1) is 13.8 Å². The molecule has 1 N–H and O–H groups in total. The summed E-state index contributed by atoms with van der Waals surface area (Å²) in [5.74, 6) is 0.502. The molecule has 0 aliphatic rings. The Kier molecular flexibility index (Phi) is 4.51. The predicted octanol–water partition coefficient (Wildman–Crippen LogP) is 4.02. The van der Waals surface area contributed by atoms with Crippen molar-refractivity contribution in [3.8, 4) is 5.75 Å². The van der Waals surface area contributed by atoms with Crippen LogP contribution < -0.4 is 10.1 Å². The first-order chi connectivity index (χ1) is 11.6. The number of aryl methyl sites for hydroxylation is 2. The highest BCUT2D eigenvalue weighted by atomic mass is 16.5. The van der Waals surface area contributed by atoms with Gasteiger partial charge in [0.05, 0.1) is 18.7 Å². The number of hydrogen-bond acceptors (Lipinski definition) is 4. The molecule has 0 fully saturated rings. The second-order valence-electron chi connectivity index (χ2n) is 5.74. The summed E-state index contributed by atoms with van der Waals surface area (Å²) in [4.78, 5) is 12.4. The third-order valence-electron chi connectivity index (χ3n) is 3.78. The van der Waals surface area contributed by atoms with E-state index in [2.05, 4.69) is 16.5 Å². The topological polar surface area (TPSA) is 64.4 Å². The second-order valence-corrected chi connectivity index (χ2v) is 5.74. The number of nitrogens with one attached hydrogen (secondary N) is 1. The van der Waals surface area contributed by atoms with Crippen LogP contribution in [0.3, 0.4) is 0 Å². The van der Waals surface area contributed by atoms with E-state index in [9.17, 15) is 4.79 Å². The van der Waals surface area contributed by atoms with Gasteiger partial charge in [0.15, 0.2) is 5.58 Å². The minimum absolute atomic E-state index is 0.150. The number of carbonyl (C=O) groups excluding carboxylic acids is 1. The van der Waals surface area contributed by atoms with E-state index in [-0.39, 0.29) is 12.3 Å². The highest BCUT2D eigenvalue weighted by molar-refractivity contribution is 5.96. The lowest BCUT2D eigenvalue weighted by Crippen LogP contribution is -2.15. The molecule has 1 aromatic heterocycles. The van der Waals surface area contributed by atoms with Gasteiger partial charge in [-0.3, -0.25) is 4.79 Å². The van der Waals surface area contributed by atoms with Gasteiger partial charge >= 0.3 is 0 Å². The number of benzene rings is 2. The number of aromatic nitrogens is 1. The second kappa shape index (κ2) is 6.74. The molecular weight excluding hydrogens is 304 g/mol. The molecule has 24 heavy (non-hydrogen) atoms. The first-order valence-electron chi connectivity index (χ1n) is 7.95. The van der Waals surface area contributed by atoms with Gasteiger partial charge in [-0.2, -0.15) is 0 Å². The number of rotatable bonds is 5. The van der Waals surface area contributed by atoms with Crippen molar-refractivity contribution in [3.05, 3.63) is 53.2 Å². The van der Waals surface area contributed by atoms with E-state index < -0.39 is 0 Å². The Morgan fingerprint density at radius 1 is 1.25 bits per heavy atom. The van der Waals surface area contributed by atoms with Crippen LogP contribution in [0.15, 0.2) is 40.9 Å². The van der Waals surface area contributed by atoms with Crippen LogP contribution in [0.2, 0.25) is 0 Å². The summed E-state index contributed by atoms with van der Waals surface area (Å²) in [5.41, 5.74) is 4.19. The van der Waals surface area contributed by atoms with E-state index in [4.69, 9.17) is 9.26 Å². The zero-order valence-corrected chi connectivity index (χ0v) is 14.1. The standard InChI is InChI=1S/C19H20N2O3/c1-4-23-16-8-6-5-7-14(16)20-18(22)11-15-19-13(3)9-12(2)10-17(19)24-21-15/h5-10H,4,11H2,1-3H3,(H,20,22). The molecule has 2 aromatic carbocycles. The largest absolute Gasteiger partial charge is 0.492 e. The van der Waals surface area contributed by atoms with E-state index in [1.54, 1.807) is 0 Å². The van der Waals surface area contributed by atoms with Gasteiger partial charge in [-0.05, 0) is 50.1 Å². The average molecular weight is 324 g/mol. The maximum atomic E-state index is 12.4. The fourth-order valence-electron chi connectivity index (χ4n) is 2.84. The monoisotopic (exact) mass is 324 g/mol. The summed E-state index contributed by atoms with van der Waals surface area (Å²) in [6.45, 7) is 6.45. The molecule has 0 atom stereocenters. The van der Waals surface area contributed by atoms with E-state index in [1.807, 2.05) is 51.1 Å². The Labute approximate surface area is 140 Å². The zero-order valence-electron chi connectivity index (χ0n) is 14.1. The molecular formula is C19H20N2O3. The molecule has 0 saturated heterocycles. The Morgan fingerprint density at radius 2 is 2.04 bits per heavy atom. The van der Waals surface area contributed by atoms with Gasteiger partial charge < -0.3 is 14.6 Å².